The molecule has 602 valence electrons. The fourth-order valence-electron chi connectivity index (χ4n) is 11.2. The van der Waals surface area contributed by atoms with Crippen molar-refractivity contribution in [1.29, 1.82) is 0 Å². The van der Waals surface area contributed by atoms with Crippen molar-refractivity contribution in [2.24, 2.45) is 10.8 Å². The third kappa shape index (κ3) is 30.5. The predicted molar refractivity (Wildman–Crippen MR) is 418 cm³/mol. The Morgan fingerprint density at radius 2 is 0.900 bits per heavy atom. The lowest BCUT2D eigenvalue weighted by Crippen LogP contribution is -2.36. The van der Waals surface area contributed by atoms with E-state index in [0.717, 1.165) is 87.8 Å². The number of aromatic hydroxyl groups is 1. The molecule has 0 bridgehead atoms. The second-order valence-electron chi connectivity index (χ2n) is 29.0. The molecule has 1 N–H and O–H groups in total. The number of phenols is 1. The number of methoxy groups -OCH3 is 2. The number of carbonyl (C=O) groups is 1. The summed E-state index contributed by atoms with van der Waals surface area (Å²) in [7, 11) is -2.91. The van der Waals surface area contributed by atoms with E-state index in [-0.39, 0.29) is 54.6 Å². The highest BCUT2D eigenvalue weighted by molar-refractivity contribution is 7.97. The number of esters is 1. The van der Waals surface area contributed by atoms with Gasteiger partial charge >= 0.3 is 5.97 Å². The highest BCUT2D eigenvalue weighted by atomic mass is 32.2. The fourth-order valence-corrected chi connectivity index (χ4v) is 13.8. The number of benzene rings is 8. The minimum absolute atomic E-state index is 0.0793. The van der Waals surface area contributed by atoms with Crippen molar-refractivity contribution in [3.63, 3.8) is 0 Å². The molecule has 0 radical (unpaired) electrons. The first-order valence-corrected chi connectivity index (χ1v) is 40.1. The molecule has 4 atom stereocenters. The Bertz CT molecular complexity index is 3970. The second-order valence-corrected chi connectivity index (χ2v) is 32.3. The first-order chi connectivity index (χ1) is 52.2. The topological polar surface area (TPSA) is 168 Å². The average molecular weight is 1570 g/mol. The molecule has 0 aliphatic heterocycles. The van der Waals surface area contributed by atoms with Crippen molar-refractivity contribution in [3.8, 4) is 28.7 Å². The number of carbonyl (C=O) groups excluding carboxylic acids is 1. The number of rotatable bonds is 31. The number of ether oxygens (including phenoxy) is 8. The van der Waals surface area contributed by atoms with Crippen LogP contribution in [0.2, 0.25) is 0 Å². The fraction of sp³-hybridized carbons (Fsp3) is 0.443. The van der Waals surface area contributed by atoms with E-state index in [1.54, 1.807) is 74.9 Å². The molecule has 8 aromatic carbocycles. The largest absolute Gasteiger partial charge is 0.744 e. The van der Waals surface area contributed by atoms with Gasteiger partial charge in [0.05, 0.1) is 48.8 Å². The Morgan fingerprint density at radius 3 is 1.27 bits per heavy atom. The summed E-state index contributed by atoms with van der Waals surface area (Å²) in [6.45, 7) is 29.0. The van der Waals surface area contributed by atoms with Crippen molar-refractivity contribution >= 4 is 27.0 Å². The van der Waals surface area contributed by atoms with Gasteiger partial charge in [0.1, 0.15) is 68.7 Å². The first-order valence-electron chi connectivity index (χ1n) is 37.5. The minimum atomic E-state index is -5.75. The lowest BCUT2D eigenvalue weighted by Gasteiger charge is -2.33. The number of hydrogen-bond donors (Lipinski definition) is 1. The van der Waals surface area contributed by atoms with Crippen LogP contribution in [-0.4, -0.2) is 77.1 Å². The van der Waals surface area contributed by atoms with Gasteiger partial charge in [-0.25, -0.2) is 30.4 Å². The second kappa shape index (κ2) is 46.0. The van der Waals surface area contributed by atoms with Crippen molar-refractivity contribution in [2.45, 2.75) is 224 Å². The van der Waals surface area contributed by atoms with E-state index in [4.69, 9.17) is 43.0 Å². The Morgan fingerprint density at radius 1 is 0.527 bits per heavy atom. The van der Waals surface area contributed by atoms with E-state index in [2.05, 4.69) is 93.5 Å². The Kier molecular flexibility index (Phi) is 38.7. The zero-order valence-corrected chi connectivity index (χ0v) is 67.9. The summed E-state index contributed by atoms with van der Waals surface area (Å²) < 4.78 is 171. The molecule has 22 heteroatoms. The molecular formula is C88H111F7O13S2. The quantitative estimate of drug-likeness (QED) is 0.00830. The van der Waals surface area contributed by atoms with Gasteiger partial charge in [-0.3, -0.25) is 4.79 Å². The number of hydrogen-bond acceptors (Lipinski definition) is 13. The first kappa shape index (κ1) is 92.5. The van der Waals surface area contributed by atoms with Crippen LogP contribution in [0.25, 0.3) is 0 Å². The standard InChI is InChI=1S/C23H32O4.C19H20F4O5S.C18H12F3S.C18H34O3.C10H14O/c1-6-18(3)19-7-9-22(10-8-19)26-11-12-27-23-20(15-24-4)13-17(2)14-21(23)16-25-5;1-3-11(2)12-5-7-13(8-6-12)27-9-4-10-28-18-14(20)16(22)19(29(24,25)26)17(23)15(18)21;19-13-1-7-16(8-2-13)22(17-9-3-14(20)4-10-17)18-11-5-15(21)6-12-18;1-7-18(5,6)16(19)21-15(13-17(2,3)4)20-14-11-9-8-10-12-14;1-3-8(2)9-4-6-10(11)7-5-9/h7-10,13-14,18H,6,11-12,15-16H2,1-5H3;5-8,11H,3-4,9-10H2,1-2H3,(H,24,25,26);1-12H;14-15H,7-13H2,1-6H3;4-8,11H,3H2,1-2H3/q;;+1;;/p-1. The molecule has 1 aliphatic rings. The van der Waals surface area contributed by atoms with Crippen LogP contribution in [0.5, 0.6) is 28.7 Å². The van der Waals surface area contributed by atoms with E-state index in [1.165, 1.54) is 72.4 Å². The molecule has 0 saturated heterocycles. The highest BCUT2D eigenvalue weighted by Crippen LogP contribution is 2.36. The van der Waals surface area contributed by atoms with Gasteiger partial charge < -0.3 is 47.6 Å². The third-order valence-corrected chi connectivity index (χ3v) is 21.6. The molecule has 8 aromatic rings. The molecule has 110 heavy (non-hydrogen) atoms. The Labute approximate surface area is 650 Å². The molecule has 0 aromatic heterocycles. The normalized spacial score (nSPS) is 13.5. The predicted octanol–water partition coefficient (Wildman–Crippen LogP) is 23.0. The van der Waals surface area contributed by atoms with Crippen LogP contribution in [-0.2, 0) is 58.0 Å². The molecule has 1 aliphatic carbocycles. The van der Waals surface area contributed by atoms with E-state index in [1.807, 2.05) is 57.2 Å². The molecule has 0 amide bonds. The average Bonchev–Trinajstić information content (AvgIpc) is 0.765. The minimum Gasteiger partial charge on any atom is -0.744 e. The van der Waals surface area contributed by atoms with E-state index in [9.17, 15) is 48.5 Å². The van der Waals surface area contributed by atoms with Crippen LogP contribution >= 0.6 is 0 Å². The van der Waals surface area contributed by atoms with Crippen molar-refractivity contribution < 1.29 is 91.5 Å². The van der Waals surface area contributed by atoms with Gasteiger partial charge in [0.25, 0.3) is 0 Å². The Hall–Kier alpha value is -8.12. The molecule has 9 rings (SSSR count). The van der Waals surface area contributed by atoms with E-state index < -0.39 is 66.6 Å². The van der Waals surface area contributed by atoms with Crippen molar-refractivity contribution in [3.05, 3.63) is 232 Å². The van der Waals surface area contributed by atoms with Crippen molar-refractivity contribution in [1.82, 2.24) is 0 Å². The van der Waals surface area contributed by atoms with Crippen LogP contribution in [0.1, 0.15) is 205 Å². The van der Waals surface area contributed by atoms with Crippen LogP contribution < -0.4 is 18.9 Å². The number of halogens is 7. The van der Waals surface area contributed by atoms with Crippen LogP contribution in [0, 0.1) is 58.5 Å². The van der Waals surface area contributed by atoms with Gasteiger partial charge in [-0.15, -0.1) is 0 Å². The van der Waals surface area contributed by atoms with Gasteiger partial charge in [-0.2, -0.15) is 8.78 Å². The molecule has 0 heterocycles. The third-order valence-electron chi connectivity index (χ3n) is 18.5. The zero-order valence-electron chi connectivity index (χ0n) is 66.2. The summed E-state index contributed by atoms with van der Waals surface area (Å²) in [5.74, 6) is -7.19. The van der Waals surface area contributed by atoms with Gasteiger partial charge in [-0.1, -0.05) is 143 Å². The summed E-state index contributed by atoms with van der Waals surface area (Å²) in [5.41, 5.74) is 6.66. The van der Waals surface area contributed by atoms with Gasteiger partial charge in [0, 0.05) is 38.2 Å². The maximum absolute atomic E-state index is 13.8. The smallest absolute Gasteiger partial charge is 0.313 e. The molecular weight excluding hydrogens is 1460 g/mol. The summed E-state index contributed by atoms with van der Waals surface area (Å²) in [4.78, 5) is 12.8. The molecule has 0 spiro atoms. The zero-order chi connectivity index (χ0) is 81.3. The highest BCUT2D eigenvalue weighted by Gasteiger charge is 2.34. The molecule has 1 fully saturated rings. The Balaban J connectivity index is 0.000000252. The lowest BCUT2D eigenvalue weighted by atomic mass is 9.89. The summed E-state index contributed by atoms with van der Waals surface area (Å²) in [5, 5.41) is 9.01. The van der Waals surface area contributed by atoms with E-state index >= 15 is 0 Å². The van der Waals surface area contributed by atoms with Crippen molar-refractivity contribution in [2.75, 3.05) is 40.6 Å². The number of aryl methyl sites for hydroxylation is 1. The molecule has 1 saturated carbocycles. The maximum Gasteiger partial charge on any atom is 0.313 e. The van der Waals surface area contributed by atoms with Gasteiger partial charge in [0.15, 0.2) is 32.1 Å². The van der Waals surface area contributed by atoms with Gasteiger partial charge in [0.2, 0.25) is 17.9 Å². The monoisotopic (exact) mass is 1570 g/mol. The molecule has 13 nitrogen and oxygen atoms in total. The van der Waals surface area contributed by atoms with Crippen LogP contribution in [0.15, 0.2) is 177 Å². The summed E-state index contributed by atoms with van der Waals surface area (Å²) in [6.07, 6.45) is 10.7. The van der Waals surface area contributed by atoms with Crippen LogP contribution in [0.3, 0.4) is 0 Å². The molecule has 4 unspecified atom stereocenters. The van der Waals surface area contributed by atoms with Gasteiger partial charge in [-0.05, 0) is 208 Å². The number of phenolic OH excluding ortho intramolecular Hbond substituents is 1. The van der Waals surface area contributed by atoms with Crippen LogP contribution in [0.4, 0.5) is 30.7 Å². The lowest BCUT2D eigenvalue weighted by molar-refractivity contribution is -0.207. The summed E-state index contributed by atoms with van der Waals surface area (Å²) in [6, 6.07) is 45.9. The SMILES string of the molecule is CCC(C)(C)C(=O)OC(CC(C)(C)C)OC1CCCCC1.CCC(C)c1ccc(O)cc1.CCC(C)c1ccc(OCCCOc2c(F)c(F)c(S(=O)(=O)[O-])c(F)c2F)cc1.CCC(C)c1ccc(OCCOc2c(COC)cc(C)cc2COC)cc1.Fc1ccc([S+](c2ccc(F)cc2)c2ccc(F)cc2)cc1. The summed E-state index contributed by atoms with van der Waals surface area (Å²) >= 11 is 0. The maximum atomic E-state index is 13.8. The van der Waals surface area contributed by atoms with E-state index in [0.29, 0.717) is 55.7 Å².